The molecule has 9 aromatic rings. The molecule has 15 atom stereocenters. The van der Waals surface area contributed by atoms with Crippen LogP contribution in [0.25, 0.3) is 0 Å². The fraction of sp³-hybridized carbons (Fsp3) is 0.222. The van der Waals surface area contributed by atoms with Crippen LogP contribution in [0.5, 0.6) is 0 Å². The molecule has 3 heterocycles. The minimum Gasteiger partial charge on any atom is -0.459 e. The van der Waals surface area contributed by atoms with Gasteiger partial charge in [-0.2, -0.15) is 0 Å². The molecule has 3 aliphatic rings. The molecule has 25 nitrogen and oxygen atoms in total. The molecular formula is C81H68O25. The van der Waals surface area contributed by atoms with Gasteiger partial charge >= 0.3 is 53.7 Å². The molecule has 0 spiro atoms. The van der Waals surface area contributed by atoms with Crippen molar-refractivity contribution in [2.45, 2.75) is 92.1 Å². The van der Waals surface area contributed by atoms with E-state index in [9.17, 15) is 53.4 Å². The summed E-state index contributed by atoms with van der Waals surface area (Å²) in [6.45, 7) is -2.65. The molecule has 12 rings (SSSR count). The Morgan fingerprint density at radius 1 is 0.236 bits per heavy atom. The van der Waals surface area contributed by atoms with E-state index in [1.54, 1.807) is 115 Å². The zero-order valence-electron chi connectivity index (χ0n) is 56.0. The van der Waals surface area contributed by atoms with Crippen LogP contribution >= 0.6 is 0 Å². The van der Waals surface area contributed by atoms with Crippen LogP contribution in [0.2, 0.25) is 0 Å². The SMILES string of the molecule is O=C(OC[C@H]1O[C@@H](O[C@@H]2[C@@H](O)[C@@H](O)O[C@H](COC(=O)c3ccccc3)[C@H]2O[C@@H]2O[C@H](COC(=O)c3ccccc3)[C@@H](OC(=O)c3ccccc3)[C@H](OC(=O)c3ccccc3)[C@H]2OC(=O)c2ccccc2)[C@H](OC(=O)c2ccccc2)[C@@H](OC(=O)c2ccccc2)[C@@H]1OC(=O)c1ccccc1)c1ccccc1. The molecule has 0 aliphatic carbocycles. The van der Waals surface area contributed by atoms with Gasteiger partial charge in [0.1, 0.15) is 56.4 Å². The van der Waals surface area contributed by atoms with E-state index in [0.717, 1.165) is 0 Å². The lowest BCUT2D eigenvalue weighted by atomic mass is 9.95. The van der Waals surface area contributed by atoms with Crippen molar-refractivity contribution >= 4 is 53.7 Å². The lowest BCUT2D eigenvalue weighted by Crippen LogP contribution is -2.68. The van der Waals surface area contributed by atoms with Crippen molar-refractivity contribution in [2.75, 3.05) is 19.8 Å². The molecule has 9 aromatic carbocycles. The Balaban J connectivity index is 1.01. The number of aliphatic hydroxyl groups is 2. The summed E-state index contributed by atoms with van der Waals surface area (Å²) < 4.78 is 89.2. The maximum atomic E-state index is 14.9. The lowest BCUT2D eigenvalue weighted by Gasteiger charge is -2.50. The van der Waals surface area contributed by atoms with E-state index in [1.807, 2.05) is 0 Å². The third-order valence-electron chi connectivity index (χ3n) is 17.1. The fourth-order valence-electron chi connectivity index (χ4n) is 11.8. The number of benzene rings is 9. The first kappa shape index (κ1) is 73.7. The van der Waals surface area contributed by atoms with Gasteiger partial charge in [0.25, 0.3) is 0 Å². The second-order valence-corrected chi connectivity index (χ2v) is 24.2. The fourth-order valence-corrected chi connectivity index (χ4v) is 11.8. The zero-order chi connectivity index (χ0) is 73.9. The molecule has 106 heavy (non-hydrogen) atoms. The maximum Gasteiger partial charge on any atom is 0.338 e. The molecule has 0 radical (unpaired) electrons. The molecule has 0 bridgehead atoms. The third kappa shape index (κ3) is 18.5. The average molecular weight is 1440 g/mol. The van der Waals surface area contributed by atoms with E-state index in [-0.39, 0.29) is 50.1 Å². The highest BCUT2D eigenvalue weighted by molar-refractivity contribution is 5.94. The molecule has 2 N–H and O–H groups in total. The molecule has 0 aromatic heterocycles. The maximum absolute atomic E-state index is 14.9. The monoisotopic (exact) mass is 1440 g/mol. The molecule has 542 valence electrons. The average Bonchev–Trinajstić information content (AvgIpc) is 0.762. The van der Waals surface area contributed by atoms with Crippen LogP contribution < -0.4 is 0 Å². The second-order valence-electron chi connectivity index (χ2n) is 24.2. The lowest BCUT2D eigenvalue weighted by molar-refractivity contribution is -0.381. The van der Waals surface area contributed by atoms with E-state index in [0.29, 0.717) is 0 Å². The van der Waals surface area contributed by atoms with Crippen LogP contribution in [0, 0.1) is 0 Å². The van der Waals surface area contributed by atoms with Crippen LogP contribution in [0.1, 0.15) is 93.2 Å². The van der Waals surface area contributed by atoms with Gasteiger partial charge in [0.15, 0.2) is 55.5 Å². The van der Waals surface area contributed by atoms with E-state index in [1.165, 1.54) is 158 Å². The number of rotatable bonds is 25. The number of aliphatic hydroxyl groups excluding tert-OH is 2. The number of carbonyl (C=O) groups is 9. The Labute approximate surface area is 605 Å². The van der Waals surface area contributed by atoms with Crippen molar-refractivity contribution < 1.29 is 120 Å². The smallest absolute Gasteiger partial charge is 0.338 e. The van der Waals surface area contributed by atoms with Gasteiger partial charge in [-0.05, 0) is 109 Å². The van der Waals surface area contributed by atoms with Gasteiger partial charge in [-0.3, -0.25) is 0 Å². The second kappa shape index (κ2) is 35.4. The highest BCUT2D eigenvalue weighted by Gasteiger charge is 2.60. The Hall–Kier alpha value is -12.1. The van der Waals surface area contributed by atoms with Crippen LogP contribution in [-0.4, -0.2) is 176 Å². The zero-order valence-corrected chi connectivity index (χ0v) is 56.0. The van der Waals surface area contributed by atoms with E-state index in [2.05, 4.69) is 0 Å². The van der Waals surface area contributed by atoms with Gasteiger partial charge in [0.2, 0.25) is 0 Å². The molecule has 0 unspecified atom stereocenters. The molecule has 25 heteroatoms. The number of ether oxygens (including phenoxy) is 14. The number of hydrogen-bond donors (Lipinski definition) is 2. The quantitative estimate of drug-likeness (QED) is 0.0397. The summed E-state index contributed by atoms with van der Waals surface area (Å²) in [5, 5.41) is 24.8. The molecule has 3 aliphatic heterocycles. The summed E-state index contributed by atoms with van der Waals surface area (Å²) in [7, 11) is 0. The number of hydrogen-bond acceptors (Lipinski definition) is 25. The Morgan fingerprint density at radius 3 is 0.679 bits per heavy atom. The molecule has 0 saturated carbocycles. The third-order valence-corrected chi connectivity index (χ3v) is 17.1. The number of carbonyl (C=O) groups excluding carboxylic acids is 9. The van der Waals surface area contributed by atoms with E-state index < -0.39 is 166 Å². The predicted molar refractivity (Wildman–Crippen MR) is 368 cm³/mol. The summed E-state index contributed by atoms with van der Waals surface area (Å²) in [4.78, 5) is 130. The van der Waals surface area contributed by atoms with Gasteiger partial charge < -0.3 is 76.5 Å². The van der Waals surface area contributed by atoms with Gasteiger partial charge in [0.05, 0.1) is 50.1 Å². The van der Waals surface area contributed by atoms with Gasteiger partial charge in [-0.15, -0.1) is 0 Å². The van der Waals surface area contributed by atoms with Crippen molar-refractivity contribution in [1.29, 1.82) is 0 Å². The highest BCUT2D eigenvalue weighted by Crippen LogP contribution is 2.39. The van der Waals surface area contributed by atoms with Crippen LogP contribution in [0.4, 0.5) is 0 Å². The molecule has 3 fully saturated rings. The topological polar surface area (TPSA) is 323 Å². The standard InChI is InChI=1S/C81H68O25/c82-61-65(106-81-69(104-78(91)57-44-26-9-27-45-57)67(102-76(89)55-40-22-7-23-41-55)64(100-74(87)53-36-18-5-19-37-53)60(98-81)48-95-72(85)51-32-14-3-15-33-51)62(58(96-79(61)92)46-93-70(83)49-28-10-1-11-29-49)105-80-68(103-77(90)56-42-24-8-25-43-56)66(101-75(88)54-38-20-6-21-39-54)63(99-73(86)52-34-16-4-17-35-52)59(97-80)47-94-71(84)50-30-12-2-13-31-50/h1-45,58-69,79-82,92H,46-48H2/t58-,59-,60-,61-,62-,63-,64-,65-,66+,67+,68-,69-,79+,80+,81+/m1/s1. The summed E-state index contributed by atoms with van der Waals surface area (Å²) in [5.74, 6) is -9.35. The predicted octanol–water partition coefficient (Wildman–Crippen LogP) is 9.21. The first-order chi connectivity index (χ1) is 51.6. The summed E-state index contributed by atoms with van der Waals surface area (Å²) in [6, 6.07) is 67.9. The summed E-state index contributed by atoms with van der Waals surface area (Å²) in [5.41, 5.74) is -0.266. The molecule has 0 amide bonds. The van der Waals surface area contributed by atoms with E-state index in [4.69, 9.17) is 66.3 Å². The molecule has 3 saturated heterocycles. The normalized spacial score (nSPS) is 23.9. The minimum atomic E-state index is -2.39. The van der Waals surface area contributed by atoms with Crippen LogP contribution in [0.15, 0.2) is 273 Å². The Kier molecular flexibility index (Phi) is 24.6. The first-order valence-corrected chi connectivity index (χ1v) is 33.5. The van der Waals surface area contributed by atoms with E-state index >= 15 is 0 Å². The van der Waals surface area contributed by atoms with Gasteiger partial charge in [-0.25, -0.2) is 43.2 Å². The largest absolute Gasteiger partial charge is 0.459 e. The minimum absolute atomic E-state index is 0.0241. The van der Waals surface area contributed by atoms with Crippen LogP contribution in [0.3, 0.4) is 0 Å². The summed E-state index contributed by atoms with van der Waals surface area (Å²) in [6.07, 6.45) is -31.6. The molecular weight excluding hydrogens is 1370 g/mol. The van der Waals surface area contributed by atoms with Gasteiger partial charge in [0, 0.05) is 0 Å². The highest BCUT2D eigenvalue weighted by atomic mass is 16.8. The van der Waals surface area contributed by atoms with Crippen molar-refractivity contribution in [1.82, 2.24) is 0 Å². The van der Waals surface area contributed by atoms with Crippen molar-refractivity contribution in [3.8, 4) is 0 Å². The summed E-state index contributed by atoms with van der Waals surface area (Å²) >= 11 is 0. The van der Waals surface area contributed by atoms with Crippen molar-refractivity contribution in [2.24, 2.45) is 0 Å². The van der Waals surface area contributed by atoms with Gasteiger partial charge in [-0.1, -0.05) is 164 Å². The Bertz CT molecular complexity index is 4430. The number of esters is 9. The van der Waals surface area contributed by atoms with Crippen LogP contribution in [-0.2, 0) is 66.3 Å². The Morgan fingerprint density at radius 2 is 0.434 bits per heavy atom. The van der Waals surface area contributed by atoms with Crippen molar-refractivity contribution in [3.63, 3.8) is 0 Å². The van der Waals surface area contributed by atoms with Crippen molar-refractivity contribution in [3.05, 3.63) is 323 Å². The first-order valence-electron chi connectivity index (χ1n) is 33.5.